The number of hydrogen-bond donors (Lipinski definition) is 3. The number of H-pyrrole nitrogens is 1. The molecule has 0 saturated heterocycles. The fraction of sp³-hybridized carbons (Fsp3) is 0.300. The third-order valence-electron chi connectivity index (χ3n) is 2.50. The Hall–Kier alpha value is -1.30. The molecule has 0 atom stereocenters. The number of carboxylic acids is 1. The van der Waals surface area contributed by atoms with Crippen LogP contribution < -0.4 is 4.72 Å². The molecule has 0 aliphatic heterocycles. The molecule has 0 saturated carbocycles. The third kappa shape index (κ3) is 4.09. The van der Waals surface area contributed by atoms with Crippen LogP contribution in [0.25, 0.3) is 0 Å². The molecule has 0 fully saturated rings. The van der Waals surface area contributed by atoms with Crippen LogP contribution in [0.5, 0.6) is 0 Å². The molecule has 11 heteroatoms. The molecule has 2 aromatic heterocycles. The van der Waals surface area contributed by atoms with Gasteiger partial charge < -0.3 is 5.11 Å². The van der Waals surface area contributed by atoms with E-state index in [2.05, 4.69) is 35.8 Å². The van der Waals surface area contributed by atoms with Gasteiger partial charge in [-0.1, -0.05) is 0 Å². The Morgan fingerprint density at radius 1 is 1.52 bits per heavy atom. The number of aromatic amines is 1. The predicted octanol–water partition coefficient (Wildman–Crippen LogP) is 1.24. The second-order valence-corrected chi connectivity index (χ2v) is 8.09. The summed E-state index contributed by atoms with van der Waals surface area (Å²) in [6.45, 7) is 0.216. The van der Waals surface area contributed by atoms with Crippen molar-refractivity contribution in [3.05, 3.63) is 26.9 Å². The number of aromatic carboxylic acids is 1. The number of hydrogen-bond acceptors (Lipinski definition) is 6. The molecular formula is C10H11BrN4O4S2. The zero-order valence-electron chi connectivity index (χ0n) is 10.5. The van der Waals surface area contributed by atoms with E-state index in [9.17, 15) is 13.2 Å². The van der Waals surface area contributed by atoms with Crippen molar-refractivity contribution in [2.75, 3.05) is 6.54 Å². The molecule has 0 aliphatic carbocycles. The number of rotatable bonds is 7. The molecule has 0 unspecified atom stereocenters. The normalized spacial score (nSPS) is 11.7. The minimum atomic E-state index is -3.74. The Morgan fingerprint density at radius 3 is 2.86 bits per heavy atom. The van der Waals surface area contributed by atoms with E-state index in [0.717, 1.165) is 17.4 Å². The van der Waals surface area contributed by atoms with Gasteiger partial charge in [0, 0.05) is 13.0 Å². The maximum atomic E-state index is 12.1. The van der Waals surface area contributed by atoms with E-state index in [1.807, 2.05) is 0 Å². The SMILES string of the molecule is O=C(O)c1cc(S(=O)(=O)NCCCc2ncn[nH]2)c(Br)s1. The summed E-state index contributed by atoms with van der Waals surface area (Å²) in [6.07, 6.45) is 2.49. The van der Waals surface area contributed by atoms with E-state index in [1.165, 1.54) is 6.33 Å². The molecule has 2 aromatic rings. The summed E-state index contributed by atoms with van der Waals surface area (Å²) in [6, 6.07) is 1.13. The minimum absolute atomic E-state index is 0.0380. The quantitative estimate of drug-likeness (QED) is 0.606. The number of thiophene rings is 1. The number of carbonyl (C=O) groups is 1. The van der Waals surface area contributed by atoms with E-state index in [4.69, 9.17) is 5.11 Å². The molecule has 0 spiro atoms. The predicted molar refractivity (Wildman–Crippen MR) is 78.9 cm³/mol. The first-order valence-corrected chi connectivity index (χ1v) is 8.86. The van der Waals surface area contributed by atoms with E-state index >= 15 is 0 Å². The van der Waals surface area contributed by atoms with Crippen molar-refractivity contribution in [2.45, 2.75) is 17.7 Å². The van der Waals surface area contributed by atoms with Gasteiger partial charge in [0.05, 0.1) is 3.79 Å². The van der Waals surface area contributed by atoms with E-state index < -0.39 is 16.0 Å². The second kappa shape index (κ2) is 6.64. The summed E-state index contributed by atoms with van der Waals surface area (Å²) in [7, 11) is -3.74. The fourth-order valence-electron chi connectivity index (χ4n) is 1.53. The molecule has 2 heterocycles. The lowest BCUT2D eigenvalue weighted by Gasteiger charge is -2.04. The minimum Gasteiger partial charge on any atom is -0.477 e. The number of nitrogens with zero attached hydrogens (tertiary/aromatic N) is 2. The van der Waals surface area contributed by atoms with Crippen molar-refractivity contribution < 1.29 is 18.3 Å². The van der Waals surface area contributed by atoms with Crippen LogP contribution in [0.1, 0.15) is 21.9 Å². The zero-order chi connectivity index (χ0) is 15.5. The van der Waals surface area contributed by atoms with Gasteiger partial charge in [0.1, 0.15) is 21.9 Å². The maximum Gasteiger partial charge on any atom is 0.345 e. The summed E-state index contributed by atoms with van der Waals surface area (Å²) >= 11 is 3.94. The van der Waals surface area contributed by atoms with E-state index in [0.29, 0.717) is 18.7 Å². The largest absolute Gasteiger partial charge is 0.477 e. The summed E-state index contributed by atoms with van der Waals surface area (Å²) < 4.78 is 26.9. The molecule has 0 aliphatic rings. The molecule has 0 aromatic carbocycles. The van der Waals surface area contributed by atoms with Crippen LogP contribution in [-0.4, -0.2) is 41.2 Å². The van der Waals surface area contributed by atoms with Gasteiger partial charge in [-0.25, -0.2) is 22.9 Å². The zero-order valence-corrected chi connectivity index (χ0v) is 13.8. The van der Waals surface area contributed by atoms with Crippen molar-refractivity contribution in [3.63, 3.8) is 0 Å². The Morgan fingerprint density at radius 2 is 2.29 bits per heavy atom. The number of carboxylic acid groups (broad SMARTS) is 1. The van der Waals surface area contributed by atoms with Gasteiger partial charge >= 0.3 is 5.97 Å². The van der Waals surface area contributed by atoms with Gasteiger partial charge in [0.25, 0.3) is 0 Å². The van der Waals surface area contributed by atoms with Gasteiger partial charge in [-0.3, -0.25) is 5.10 Å². The van der Waals surface area contributed by atoms with Crippen molar-refractivity contribution >= 4 is 43.3 Å². The van der Waals surface area contributed by atoms with Crippen molar-refractivity contribution in [1.29, 1.82) is 0 Å². The molecule has 2 rings (SSSR count). The number of aromatic nitrogens is 3. The molecular weight excluding hydrogens is 384 g/mol. The van der Waals surface area contributed by atoms with Gasteiger partial charge in [-0.15, -0.1) is 11.3 Å². The second-order valence-electron chi connectivity index (χ2n) is 3.99. The molecule has 8 nitrogen and oxygen atoms in total. The Bertz CT molecular complexity index is 726. The first-order valence-electron chi connectivity index (χ1n) is 5.76. The highest BCUT2D eigenvalue weighted by Crippen LogP contribution is 2.31. The molecule has 0 radical (unpaired) electrons. The number of halogens is 1. The van der Waals surface area contributed by atoms with E-state index in [1.54, 1.807) is 0 Å². The topological polar surface area (TPSA) is 125 Å². The molecule has 21 heavy (non-hydrogen) atoms. The van der Waals surface area contributed by atoms with Crippen LogP contribution in [-0.2, 0) is 16.4 Å². The van der Waals surface area contributed by atoms with Crippen molar-refractivity contribution in [3.8, 4) is 0 Å². The molecule has 0 bridgehead atoms. The van der Waals surface area contributed by atoms with Crippen LogP contribution in [0.15, 0.2) is 21.1 Å². The third-order valence-corrected chi connectivity index (χ3v) is 6.20. The highest BCUT2D eigenvalue weighted by molar-refractivity contribution is 9.11. The molecule has 0 amide bonds. The monoisotopic (exact) mass is 394 g/mol. The van der Waals surface area contributed by atoms with Crippen LogP contribution in [0.2, 0.25) is 0 Å². The molecule has 3 N–H and O–H groups in total. The Kier molecular flexibility index (Phi) is 5.08. The molecule has 114 valence electrons. The van der Waals surface area contributed by atoms with Crippen molar-refractivity contribution in [1.82, 2.24) is 19.9 Å². The van der Waals surface area contributed by atoms with Crippen molar-refractivity contribution in [2.24, 2.45) is 0 Å². The lowest BCUT2D eigenvalue weighted by Crippen LogP contribution is -2.25. The Balaban J connectivity index is 1.96. The Labute approximate surface area is 132 Å². The van der Waals surface area contributed by atoms with Crippen LogP contribution >= 0.6 is 27.3 Å². The number of sulfonamides is 1. The van der Waals surface area contributed by atoms with Gasteiger partial charge in [0.15, 0.2) is 0 Å². The van der Waals surface area contributed by atoms with Gasteiger partial charge in [0.2, 0.25) is 10.0 Å². The van der Waals surface area contributed by atoms with Crippen LogP contribution in [0, 0.1) is 0 Å². The fourth-order valence-corrected chi connectivity index (χ4v) is 5.01. The van der Waals surface area contributed by atoms with Gasteiger partial charge in [-0.2, -0.15) is 5.10 Å². The van der Waals surface area contributed by atoms with Crippen LogP contribution in [0.4, 0.5) is 0 Å². The standard InChI is InChI=1S/C10H11BrN4O4S2/c11-9-7(4-6(20-9)10(16)17)21(18,19)14-3-1-2-8-12-5-13-15-8/h4-5,14H,1-3H2,(H,16,17)(H,12,13,15). The maximum absolute atomic E-state index is 12.1. The smallest absolute Gasteiger partial charge is 0.345 e. The average molecular weight is 395 g/mol. The lowest BCUT2D eigenvalue weighted by molar-refractivity contribution is 0.0702. The highest BCUT2D eigenvalue weighted by atomic mass is 79.9. The summed E-state index contributed by atoms with van der Waals surface area (Å²) in [5, 5.41) is 15.2. The first-order chi connectivity index (χ1) is 9.90. The first kappa shape index (κ1) is 16.1. The highest BCUT2D eigenvalue weighted by Gasteiger charge is 2.22. The van der Waals surface area contributed by atoms with E-state index in [-0.39, 0.29) is 20.1 Å². The average Bonchev–Trinajstić information content (AvgIpc) is 3.04. The summed E-state index contributed by atoms with van der Waals surface area (Å²) in [4.78, 5) is 14.7. The number of nitrogens with one attached hydrogen (secondary N) is 2. The lowest BCUT2D eigenvalue weighted by atomic mass is 10.3. The summed E-state index contributed by atoms with van der Waals surface area (Å²) in [5.41, 5.74) is 0. The number of aryl methyl sites for hydroxylation is 1. The van der Waals surface area contributed by atoms with Crippen LogP contribution in [0.3, 0.4) is 0 Å². The summed E-state index contributed by atoms with van der Waals surface area (Å²) in [5.74, 6) is -0.480. The van der Waals surface area contributed by atoms with Gasteiger partial charge in [-0.05, 0) is 28.4 Å².